The Hall–Kier alpha value is -1.05. The Morgan fingerprint density at radius 1 is 0.944 bits per heavy atom. The third kappa shape index (κ3) is 4.32. The van der Waals surface area contributed by atoms with E-state index >= 15 is 0 Å². The minimum atomic E-state index is 0.208. The molecule has 18 heavy (non-hydrogen) atoms. The molecule has 0 saturated carbocycles. The van der Waals surface area contributed by atoms with E-state index in [0.717, 1.165) is 24.8 Å². The van der Waals surface area contributed by atoms with Gasteiger partial charge in [-0.3, -0.25) is 4.79 Å². The van der Waals surface area contributed by atoms with Gasteiger partial charge in [-0.1, -0.05) is 45.6 Å². The van der Waals surface area contributed by atoms with Crippen molar-refractivity contribution in [2.45, 2.75) is 65.2 Å². The van der Waals surface area contributed by atoms with Crippen LogP contribution < -0.4 is 5.56 Å². The smallest absolute Gasteiger partial charge is 0.253 e. The fourth-order valence-corrected chi connectivity index (χ4v) is 2.29. The highest BCUT2D eigenvalue weighted by atomic mass is 16.1. The van der Waals surface area contributed by atoms with Gasteiger partial charge in [0.2, 0.25) is 0 Å². The van der Waals surface area contributed by atoms with Crippen molar-refractivity contribution < 1.29 is 0 Å². The fourth-order valence-electron chi connectivity index (χ4n) is 2.29. The SMILES string of the molecule is CCCCCc1ccc(CCCCC)n(C)c1=O. The molecule has 0 N–H and O–H groups in total. The molecule has 0 fully saturated rings. The molecular formula is C16H27NO. The van der Waals surface area contributed by atoms with Gasteiger partial charge in [-0.25, -0.2) is 0 Å². The molecule has 2 nitrogen and oxygen atoms in total. The van der Waals surface area contributed by atoms with Crippen LogP contribution in [-0.4, -0.2) is 4.57 Å². The lowest BCUT2D eigenvalue weighted by Gasteiger charge is -2.10. The van der Waals surface area contributed by atoms with Gasteiger partial charge in [0.1, 0.15) is 0 Å². The normalized spacial score (nSPS) is 10.8. The molecule has 1 aromatic rings. The van der Waals surface area contributed by atoms with Gasteiger partial charge in [0.25, 0.3) is 5.56 Å². The predicted molar refractivity (Wildman–Crippen MR) is 78.1 cm³/mol. The third-order valence-corrected chi connectivity index (χ3v) is 3.57. The summed E-state index contributed by atoms with van der Waals surface area (Å²) < 4.78 is 1.84. The maximum Gasteiger partial charge on any atom is 0.253 e. The van der Waals surface area contributed by atoms with Gasteiger partial charge in [0.15, 0.2) is 0 Å². The van der Waals surface area contributed by atoms with Crippen LogP contribution in [0.1, 0.15) is 63.6 Å². The Bertz CT molecular complexity index is 406. The molecule has 0 spiro atoms. The molecule has 0 aliphatic heterocycles. The summed E-state index contributed by atoms with van der Waals surface area (Å²) >= 11 is 0. The Kier molecular flexibility index (Phi) is 6.77. The number of rotatable bonds is 8. The lowest BCUT2D eigenvalue weighted by Crippen LogP contribution is -2.23. The summed E-state index contributed by atoms with van der Waals surface area (Å²) in [6.45, 7) is 4.39. The van der Waals surface area contributed by atoms with Gasteiger partial charge < -0.3 is 4.57 Å². The second kappa shape index (κ2) is 8.12. The number of hydrogen-bond donors (Lipinski definition) is 0. The van der Waals surface area contributed by atoms with Gasteiger partial charge in [0.05, 0.1) is 0 Å². The van der Waals surface area contributed by atoms with Crippen molar-refractivity contribution in [1.29, 1.82) is 0 Å². The van der Waals surface area contributed by atoms with E-state index in [1.54, 1.807) is 0 Å². The highest BCUT2D eigenvalue weighted by Gasteiger charge is 2.05. The molecular weight excluding hydrogens is 222 g/mol. The molecule has 1 aromatic heterocycles. The molecule has 1 heterocycles. The second-order valence-corrected chi connectivity index (χ2v) is 5.13. The molecule has 0 bridgehead atoms. The first kappa shape index (κ1) is 15.0. The molecule has 0 amide bonds. The number of unbranched alkanes of at least 4 members (excludes halogenated alkanes) is 4. The van der Waals surface area contributed by atoms with Crippen molar-refractivity contribution in [3.05, 3.63) is 33.7 Å². The molecule has 0 atom stereocenters. The first-order valence-corrected chi connectivity index (χ1v) is 7.38. The van der Waals surface area contributed by atoms with Crippen molar-refractivity contribution >= 4 is 0 Å². The van der Waals surface area contributed by atoms with E-state index < -0.39 is 0 Å². The highest BCUT2D eigenvalue weighted by Crippen LogP contribution is 2.07. The third-order valence-electron chi connectivity index (χ3n) is 3.57. The molecule has 102 valence electrons. The average molecular weight is 249 g/mol. The van der Waals surface area contributed by atoms with Crippen LogP contribution >= 0.6 is 0 Å². The van der Waals surface area contributed by atoms with Gasteiger partial charge >= 0.3 is 0 Å². The molecule has 0 saturated heterocycles. The summed E-state index contributed by atoms with van der Waals surface area (Å²) in [6.07, 6.45) is 9.14. The van der Waals surface area contributed by atoms with E-state index in [-0.39, 0.29) is 5.56 Å². The van der Waals surface area contributed by atoms with Crippen molar-refractivity contribution in [2.24, 2.45) is 7.05 Å². The summed E-state index contributed by atoms with van der Waals surface area (Å²) in [5.74, 6) is 0. The minimum Gasteiger partial charge on any atom is -0.315 e. The Labute approximate surface area is 111 Å². The largest absolute Gasteiger partial charge is 0.315 e. The Morgan fingerprint density at radius 3 is 2.17 bits per heavy atom. The molecule has 1 rings (SSSR count). The van der Waals surface area contributed by atoms with Crippen LogP contribution in [0.4, 0.5) is 0 Å². The summed E-state index contributed by atoms with van der Waals surface area (Å²) in [6, 6.07) is 4.18. The van der Waals surface area contributed by atoms with Gasteiger partial charge in [-0.15, -0.1) is 0 Å². The van der Waals surface area contributed by atoms with Crippen LogP contribution in [0.25, 0.3) is 0 Å². The topological polar surface area (TPSA) is 22.0 Å². The number of nitrogens with zero attached hydrogens (tertiary/aromatic N) is 1. The van der Waals surface area contributed by atoms with Crippen LogP contribution in [-0.2, 0) is 19.9 Å². The quantitative estimate of drug-likeness (QED) is 0.641. The van der Waals surface area contributed by atoms with Crippen molar-refractivity contribution in [2.75, 3.05) is 0 Å². The van der Waals surface area contributed by atoms with Crippen LogP contribution in [0.5, 0.6) is 0 Å². The molecule has 0 aliphatic carbocycles. The summed E-state index contributed by atoms with van der Waals surface area (Å²) in [7, 11) is 1.91. The molecule has 0 aliphatic rings. The van der Waals surface area contributed by atoms with E-state index in [2.05, 4.69) is 19.9 Å². The minimum absolute atomic E-state index is 0.208. The lowest BCUT2D eigenvalue weighted by atomic mass is 10.1. The van der Waals surface area contributed by atoms with E-state index in [0.29, 0.717) is 0 Å². The second-order valence-electron chi connectivity index (χ2n) is 5.13. The van der Waals surface area contributed by atoms with Crippen LogP contribution in [0.3, 0.4) is 0 Å². The summed E-state index contributed by atoms with van der Waals surface area (Å²) in [4.78, 5) is 12.2. The monoisotopic (exact) mass is 249 g/mol. The van der Waals surface area contributed by atoms with E-state index in [9.17, 15) is 4.79 Å². The maximum atomic E-state index is 12.2. The number of aryl methyl sites for hydroxylation is 2. The van der Waals surface area contributed by atoms with Crippen LogP contribution in [0, 0.1) is 0 Å². The van der Waals surface area contributed by atoms with Crippen molar-refractivity contribution in [3.63, 3.8) is 0 Å². The zero-order valence-electron chi connectivity index (χ0n) is 12.2. The van der Waals surface area contributed by atoms with E-state index in [4.69, 9.17) is 0 Å². The number of pyridine rings is 1. The number of aromatic nitrogens is 1. The standard InChI is InChI=1S/C16H27NO/c1-4-6-8-10-14-12-13-15(11-9-7-5-2)17(3)16(14)18/h12-13H,4-11H2,1-3H3. The lowest BCUT2D eigenvalue weighted by molar-refractivity contribution is 0.660. The zero-order chi connectivity index (χ0) is 13.4. The Morgan fingerprint density at radius 2 is 1.56 bits per heavy atom. The molecule has 0 radical (unpaired) electrons. The van der Waals surface area contributed by atoms with Gasteiger partial charge in [-0.2, -0.15) is 0 Å². The Balaban J connectivity index is 2.68. The summed E-state index contributed by atoms with van der Waals surface area (Å²) in [5.41, 5.74) is 2.36. The van der Waals surface area contributed by atoms with Gasteiger partial charge in [0, 0.05) is 18.3 Å². The summed E-state index contributed by atoms with van der Waals surface area (Å²) in [5, 5.41) is 0. The van der Waals surface area contributed by atoms with E-state index in [1.165, 1.54) is 37.8 Å². The number of hydrogen-bond acceptors (Lipinski definition) is 1. The van der Waals surface area contributed by atoms with Crippen LogP contribution in [0.15, 0.2) is 16.9 Å². The first-order chi connectivity index (χ1) is 8.70. The van der Waals surface area contributed by atoms with Crippen molar-refractivity contribution in [1.82, 2.24) is 4.57 Å². The maximum absolute atomic E-state index is 12.2. The molecule has 2 heteroatoms. The predicted octanol–water partition coefficient (Wildman–Crippen LogP) is 3.85. The fraction of sp³-hybridized carbons (Fsp3) is 0.688. The zero-order valence-corrected chi connectivity index (χ0v) is 12.2. The van der Waals surface area contributed by atoms with Crippen molar-refractivity contribution in [3.8, 4) is 0 Å². The van der Waals surface area contributed by atoms with Gasteiger partial charge in [-0.05, 0) is 31.7 Å². The highest BCUT2D eigenvalue weighted by molar-refractivity contribution is 5.16. The molecule has 0 aromatic carbocycles. The van der Waals surface area contributed by atoms with E-state index in [1.807, 2.05) is 17.7 Å². The first-order valence-electron chi connectivity index (χ1n) is 7.38. The average Bonchev–Trinajstić information content (AvgIpc) is 2.37. The molecule has 0 unspecified atom stereocenters. The van der Waals surface area contributed by atoms with Crippen LogP contribution in [0.2, 0.25) is 0 Å².